The van der Waals surface area contributed by atoms with E-state index >= 15 is 0 Å². The fourth-order valence-corrected chi connectivity index (χ4v) is 2.83. The topological polar surface area (TPSA) is 89.2 Å². The molecule has 8 nitrogen and oxygen atoms in total. The van der Waals surface area contributed by atoms with Gasteiger partial charge in [-0.2, -0.15) is 4.98 Å². The van der Waals surface area contributed by atoms with Crippen molar-refractivity contribution in [3.63, 3.8) is 0 Å². The van der Waals surface area contributed by atoms with Crippen LogP contribution in [0.3, 0.4) is 0 Å². The molecule has 152 valence electrons. The second-order valence-electron chi connectivity index (χ2n) is 6.87. The Morgan fingerprint density at radius 1 is 0.933 bits per heavy atom. The molecule has 0 atom stereocenters. The zero-order valence-corrected chi connectivity index (χ0v) is 17.0. The molecule has 4 aromatic rings. The maximum atomic E-state index is 5.34. The van der Waals surface area contributed by atoms with Gasteiger partial charge in [0.05, 0.1) is 7.11 Å². The highest BCUT2D eigenvalue weighted by Crippen LogP contribution is 2.23. The maximum absolute atomic E-state index is 5.34. The maximum Gasteiger partial charge on any atom is 0.278 e. The lowest BCUT2D eigenvalue weighted by molar-refractivity contribution is 0.414. The van der Waals surface area contributed by atoms with Crippen LogP contribution in [0.1, 0.15) is 5.56 Å². The van der Waals surface area contributed by atoms with E-state index in [0.29, 0.717) is 29.8 Å². The van der Waals surface area contributed by atoms with Crippen LogP contribution < -0.4 is 15.0 Å². The van der Waals surface area contributed by atoms with Crippen molar-refractivity contribution in [1.29, 1.82) is 0 Å². The summed E-state index contributed by atoms with van der Waals surface area (Å²) in [5.74, 6) is 2.24. The average molecular weight is 402 g/mol. The number of hydrogen-bond acceptors (Lipinski definition) is 8. The zero-order valence-electron chi connectivity index (χ0n) is 17.0. The smallest absolute Gasteiger partial charge is 0.278 e. The second kappa shape index (κ2) is 8.60. The van der Waals surface area contributed by atoms with E-state index in [1.54, 1.807) is 13.2 Å². The Hall–Kier alpha value is -3.94. The van der Waals surface area contributed by atoms with Gasteiger partial charge in [0.1, 0.15) is 11.6 Å². The Labute approximate surface area is 174 Å². The molecule has 2 aromatic heterocycles. The van der Waals surface area contributed by atoms with Gasteiger partial charge in [-0.1, -0.05) is 17.3 Å². The fraction of sp³-hybridized carbons (Fsp3) is 0.182. The normalized spacial score (nSPS) is 10.6. The van der Waals surface area contributed by atoms with Crippen molar-refractivity contribution in [2.45, 2.75) is 6.54 Å². The number of rotatable bonds is 7. The third kappa shape index (κ3) is 4.38. The van der Waals surface area contributed by atoms with E-state index in [4.69, 9.17) is 9.26 Å². The number of aromatic nitrogens is 4. The molecular formula is C22H22N6O2. The number of anilines is 2. The Bertz CT molecular complexity index is 1090. The molecule has 0 radical (unpaired) electrons. The summed E-state index contributed by atoms with van der Waals surface area (Å²) in [7, 11) is 5.67. The first-order valence-corrected chi connectivity index (χ1v) is 9.45. The molecule has 2 heterocycles. The van der Waals surface area contributed by atoms with Crippen molar-refractivity contribution in [3.8, 4) is 28.7 Å². The van der Waals surface area contributed by atoms with E-state index in [9.17, 15) is 0 Å². The number of hydrogen-bond donors (Lipinski definition) is 1. The third-order valence-electron chi connectivity index (χ3n) is 4.58. The van der Waals surface area contributed by atoms with Crippen LogP contribution in [0.5, 0.6) is 5.75 Å². The minimum atomic E-state index is 0.319. The number of nitrogens with zero attached hydrogens (tertiary/aromatic N) is 5. The number of ether oxygens (including phenoxy) is 1. The SMILES string of the molecule is COc1ccc(-c2noc(-c3ccc(NCc4ccc(N(C)C)cc4)nn3)n2)cc1. The first-order valence-electron chi connectivity index (χ1n) is 9.45. The lowest BCUT2D eigenvalue weighted by Crippen LogP contribution is -2.08. The highest BCUT2D eigenvalue weighted by Gasteiger charge is 2.12. The van der Waals surface area contributed by atoms with Crippen molar-refractivity contribution >= 4 is 11.5 Å². The Balaban J connectivity index is 1.40. The summed E-state index contributed by atoms with van der Waals surface area (Å²) in [6, 6.07) is 19.4. The highest BCUT2D eigenvalue weighted by molar-refractivity contribution is 5.59. The van der Waals surface area contributed by atoms with Gasteiger partial charge < -0.3 is 19.5 Å². The summed E-state index contributed by atoms with van der Waals surface area (Å²) >= 11 is 0. The molecule has 2 aromatic carbocycles. The predicted molar refractivity (Wildman–Crippen MR) is 115 cm³/mol. The number of nitrogens with one attached hydrogen (secondary N) is 1. The minimum absolute atomic E-state index is 0.319. The zero-order chi connectivity index (χ0) is 20.9. The predicted octanol–water partition coefficient (Wildman–Crippen LogP) is 3.88. The fourth-order valence-electron chi connectivity index (χ4n) is 2.83. The first-order chi connectivity index (χ1) is 14.6. The molecule has 0 aliphatic heterocycles. The summed E-state index contributed by atoms with van der Waals surface area (Å²) in [4.78, 5) is 6.47. The molecule has 0 saturated carbocycles. The summed E-state index contributed by atoms with van der Waals surface area (Å²) in [5.41, 5.74) is 3.67. The molecule has 0 amide bonds. The van der Waals surface area contributed by atoms with E-state index in [2.05, 4.69) is 54.8 Å². The molecule has 4 rings (SSSR count). The minimum Gasteiger partial charge on any atom is -0.497 e. The van der Waals surface area contributed by atoms with Gasteiger partial charge in [0.2, 0.25) is 5.82 Å². The molecular weight excluding hydrogens is 380 g/mol. The summed E-state index contributed by atoms with van der Waals surface area (Å²) in [6.07, 6.45) is 0. The van der Waals surface area contributed by atoms with E-state index in [1.165, 1.54) is 0 Å². The first kappa shape index (κ1) is 19.4. The lowest BCUT2D eigenvalue weighted by atomic mass is 10.2. The number of benzene rings is 2. The molecule has 0 spiro atoms. The Morgan fingerprint density at radius 2 is 1.70 bits per heavy atom. The van der Waals surface area contributed by atoms with Crippen LogP contribution in [-0.2, 0) is 6.54 Å². The summed E-state index contributed by atoms with van der Waals surface area (Å²) in [6.45, 7) is 0.657. The van der Waals surface area contributed by atoms with Gasteiger partial charge in [0, 0.05) is 31.9 Å². The van der Waals surface area contributed by atoms with E-state index in [1.807, 2.05) is 44.4 Å². The van der Waals surface area contributed by atoms with Crippen LogP contribution in [0.4, 0.5) is 11.5 Å². The lowest BCUT2D eigenvalue weighted by Gasteiger charge is -2.13. The Kier molecular flexibility index (Phi) is 5.56. The summed E-state index contributed by atoms with van der Waals surface area (Å²) < 4.78 is 10.5. The van der Waals surface area contributed by atoms with Gasteiger partial charge >= 0.3 is 0 Å². The van der Waals surface area contributed by atoms with Gasteiger partial charge in [-0.3, -0.25) is 0 Å². The molecule has 0 fully saturated rings. The monoisotopic (exact) mass is 402 g/mol. The van der Waals surface area contributed by atoms with Crippen molar-refractivity contribution in [2.75, 3.05) is 31.4 Å². The van der Waals surface area contributed by atoms with E-state index < -0.39 is 0 Å². The van der Waals surface area contributed by atoms with Crippen LogP contribution in [-0.4, -0.2) is 41.5 Å². The van der Waals surface area contributed by atoms with Crippen molar-refractivity contribution in [1.82, 2.24) is 20.3 Å². The van der Waals surface area contributed by atoms with Crippen LogP contribution >= 0.6 is 0 Å². The average Bonchev–Trinajstić information content (AvgIpc) is 3.29. The molecule has 0 aliphatic carbocycles. The van der Waals surface area contributed by atoms with E-state index in [0.717, 1.165) is 22.6 Å². The van der Waals surface area contributed by atoms with Gasteiger partial charge in [0.25, 0.3) is 5.89 Å². The van der Waals surface area contributed by atoms with Gasteiger partial charge in [0.15, 0.2) is 5.69 Å². The molecule has 0 unspecified atom stereocenters. The molecule has 0 aliphatic rings. The Morgan fingerprint density at radius 3 is 2.33 bits per heavy atom. The second-order valence-corrected chi connectivity index (χ2v) is 6.87. The quantitative estimate of drug-likeness (QED) is 0.498. The largest absolute Gasteiger partial charge is 0.497 e. The van der Waals surface area contributed by atoms with E-state index in [-0.39, 0.29) is 0 Å². The van der Waals surface area contributed by atoms with Crippen LogP contribution in [0.25, 0.3) is 23.0 Å². The van der Waals surface area contributed by atoms with Crippen molar-refractivity contribution < 1.29 is 9.26 Å². The highest BCUT2D eigenvalue weighted by atomic mass is 16.5. The molecule has 8 heteroatoms. The van der Waals surface area contributed by atoms with Gasteiger partial charge in [-0.05, 0) is 54.1 Å². The van der Waals surface area contributed by atoms with Gasteiger partial charge in [-0.15, -0.1) is 10.2 Å². The molecule has 1 N–H and O–H groups in total. The standard InChI is InChI=1S/C22H22N6O2/c1-28(2)17-8-4-15(5-9-17)14-23-20-13-12-19(25-26-20)22-24-21(27-30-22)16-6-10-18(29-3)11-7-16/h4-13H,14H2,1-3H3,(H,23,26). The van der Waals surface area contributed by atoms with Crippen molar-refractivity contribution in [2.24, 2.45) is 0 Å². The summed E-state index contributed by atoms with van der Waals surface area (Å²) in [5, 5.41) is 15.7. The molecule has 30 heavy (non-hydrogen) atoms. The third-order valence-corrected chi connectivity index (χ3v) is 4.58. The van der Waals surface area contributed by atoms with Crippen molar-refractivity contribution in [3.05, 3.63) is 66.2 Å². The molecule has 0 saturated heterocycles. The van der Waals surface area contributed by atoms with Crippen LogP contribution in [0, 0.1) is 0 Å². The number of methoxy groups -OCH3 is 1. The van der Waals surface area contributed by atoms with Crippen LogP contribution in [0.15, 0.2) is 65.2 Å². The molecule has 0 bridgehead atoms. The van der Waals surface area contributed by atoms with Gasteiger partial charge in [-0.25, -0.2) is 0 Å². The van der Waals surface area contributed by atoms with Crippen LogP contribution in [0.2, 0.25) is 0 Å².